The summed E-state index contributed by atoms with van der Waals surface area (Å²) in [4.78, 5) is 65.8. The van der Waals surface area contributed by atoms with Crippen molar-refractivity contribution in [2.45, 2.75) is 77.5 Å². The molecule has 5 heterocycles. The van der Waals surface area contributed by atoms with Gasteiger partial charge in [-0.2, -0.15) is 16.8 Å². The number of carbonyl (C=O) groups is 4. The summed E-state index contributed by atoms with van der Waals surface area (Å²) >= 11 is 2.37. The molecule has 0 spiro atoms. The normalized spacial score (nSPS) is 22.0. The first kappa shape index (κ1) is 49.5. The van der Waals surface area contributed by atoms with Crippen LogP contribution in [0.3, 0.4) is 0 Å². The predicted octanol–water partition coefficient (Wildman–Crippen LogP) is 3.56. The molecule has 7 N–H and O–H groups in total. The summed E-state index contributed by atoms with van der Waals surface area (Å²) in [6.07, 6.45) is 9.40. The van der Waals surface area contributed by atoms with E-state index in [1.54, 1.807) is 16.8 Å². The number of hydrogen-bond acceptors (Lipinski definition) is 20. The highest BCUT2D eigenvalue weighted by atomic mass is 32.2. The molecule has 4 aromatic heterocycles. The monoisotopic (exact) mass is 950 g/mol. The summed E-state index contributed by atoms with van der Waals surface area (Å²) in [6.45, 7) is 6.69. The summed E-state index contributed by atoms with van der Waals surface area (Å²) in [5, 5.41) is 29.6. The quantitative estimate of drug-likeness (QED) is 0.100. The molecular formula is C39H50N8O12S4. The Labute approximate surface area is 373 Å². The molecule has 0 unspecified atom stereocenters. The first-order valence-corrected chi connectivity index (χ1v) is 24.5. The average Bonchev–Trinajstić information content (AvgIpc) is 4.08. The molecule has 1 saturated heterocycles. The minimum atomic E-state index is -4.08. The van der Waals surface area contributed by atoms with Crippen molar-refractivity contribution in [2.24, 2.45) is 28.0 Å². The van der Waals surface area contributed by atoms with Gasteiger partial charge in [-0.25, -0.2) is 30.2 Å². The fourth-order valence-corrected chi connectivity index (χ4v) is 9.64. The molecule has 0 aromatic carbocycles. The number of aliphatic hydroxyl groups is 1. The number of anilines is 2. The number of carbonyl (C=O) groups excluding carboxylic acids is 4. The number of hydrogen-bond donors (Lipinski definition) is 5. The van der Waals surface area contributed by atoms with E-state index >= 15 is 0 Å². The highest BCUT2D eigenvalue weighted by molar-refractivity contribution is 7.84. The zero-order chi connectivity index (χ0) is 45.9. The van der Waals surface area contributed by atoms with Crippen LogP contribution < -0.4 is 20.9 Å². The Kier molecular flexibility index (Phi) is 17.6. The first-order valence-electron chi connectivity index (χ1n) is 19.8. The lowest BCUT2D eigenvalue weighted by molar-refractivity contribution is 0.100. The lowest BCUT2D eigenvalue weighted by Crippen LogP contribution is -2.24. The van der Waals surface area contributed by atoms with Crippen LogP contribution in [0.5, 0.6) is 0 Å². The maximum absolute atomic E-state index is 12.9. The van der Waals surface area contributed by atoms with Crippen LogP contribution in [0.25, 0.3) is 0 Å². The van der Waals surface area contributed by atoms with E-state index in [0.717, 1.165) is 31.0 Å². The molecule has 24 heteroatoms. The molecular weight excluding hydrogens is 901 g/mol. The Balaban J connectivity index is 0.000000213. The van der Waals surface area contributed by atoms with E-state index in [9.17, 15) is 41.1 Å². The molecule has 20 nitrogen and oxygen atoms in total. The molecule has 1 aliphatic heterocycles. The van der Waals surface area contributed by atoms with Crippen molar-refractivity contribution < 1.29 is 54.2 Å². The SMILES string of the molecule is C1CCOC1.CC(=O)c1csc(C(=O)c2cncnc2N[C@@H]2C[C@H](COS(N)(=O)=O)[C@@H](C)C2)c1.CC(=O)c1csc(C(=O)c2cncnc2N[C@@H]2C[C@H](COS(N)(=O)=O)[C@@H](O)C2)c1. The Morgan fingerprint density at radius 1 is 0.746 bits per heavy atom. The lowest BCUT2D eigenvalue weighted by Gasteiger charge is -2.15. The second kappa shape index (κ2) is 22.4. The standard InChI is InChI=1S/C18H22N4O5S2.C17H20N4O6S2.C4H8O/c1-10-3-14(4-12(10)7-27-29(19,25)26)22-18-15(6-20-9-21-18)17(24)16-5-13(8-28-16)11(2)23;1-9(22)11-3-15(28-7-11)16(24)13-5-19-8-20-17(13)21-12-2-10(14(23)4-12)6-27-29(18,25)26;1-2-4-5-3-1/h5-6,8-10,12,14H,3-4,7H2,1-2H3,(H2,19,25,26)(H,20,21,22);3,5,7-8,10,12,14,23H,2,4,6H2,1H3,(H2,18,25,26)(H,19,20,21);1-4H2/t10-,12+,14-;10-,12-,14+;/m01./s1. The maximum Gasteiger partial charge on any atom is 0.333 e. The number of rotatable bonds is 16. The third kappa shape index (κ3) is 15.0. The zero-order valence-corrected chi connectivity index (χ0v) is 37.9. The third-order valence-electron chi connectivity index (χ3n) is 10.5. The molecule has 2 aliphatic carbocycles. The van der Waals surface area contributed by atoms with Crippen molar-refractivity contribution in [1.82, 2.24) is 19.9 Å². The minimum absolute atomic E-state index is 0.00311. The average molecular weight is 951 g/mol. The van der Waals surface area contributed by atoms with E-state index in [0.29, 0.717) is 57.3 Å². The third-order valence-corrected chi connectivity index (χ3v) is 13.3. The number of ether oxygens (including phenoxy) is 1. The van der Waals surface area contributed by atoms with Gasteiger partial charge in [-0.15, -0.1) is 22.7 Å². The van der Waals surface area contributed by atoms with Crippen LogP contribution in [0.2, 0.25) is 0 Å². The number of nitrogens with zero attached hydrogens (tertiary/aromatic N) is 4. The Bertz CT molecular complexity index is 2290. The van der Waals surface area contributed by atoms with Gasteiger partial charge < -0.3 is 20.5 Å². The lowest BCUT2D eigenvalue weighted by atomic mass is 10.00. The van der Waals surface area contributed by atoms with Crippen molar-refractivity contribution in [3.8, 4) is 0 Å². The number of nitrogens with one attached hydrogen (secondary N) is 2. The van der Waals surface area contributed by atoms with Crippen molar-refractivity contribution in [2.75, 3.05) is 37.1 Å². The minimum Gasteiger partial charge on any atom is -0.393 e. The van der Waals surface area contributed by atoms with Crippen molar-refractivity contribution in [3.63, 3.8) is 0 Å². The Morgan fingerprint density at radius 3 is 1.60 bits per heavy atom. The van der Waals surface area contributed by atoms with Crippen LogP contribution >= 0.6 is 22.7 Å². The largest absolute Gasteiger partial charge is 0.393 e. The molecule has 63 heavy (non-hydrogen) atoms. The second-order valence-electron chi connectivity index (χ2n) is 15.3. The summed E-state index contributed by atoms with van der Waals surface area (Å²) in [6, 6.07) is 2.85. The van der Waals surface area contributed by atoms with Crippen LogP contribution in [-0.4, -0.2) is 110 Å². The molecule has 0 bridgehead atoms. The Morgan fingerprint density at radius 2 is 1.19 bits per heavy atom. The summed E-state index contributed by atoms with van der Waals surface area (Å²) in [5.41, 5.74) is 1.51. The molecule has 3 aliphatic rings. The highest BCUT2D eigenvalue weighted by Gasteiger charge is 2.35. The summed E-state index contributed by atoms with van der Waals surface area (Å²) < 4.78 is 58.2. The molecule has 0 radical (unpaired) electrons. The summed E-state index contributed by atoms with van der Waals surface area (Å²) in [7, 11) is -8.06. The van der Waals surface area contributed by atoms with E-state index in [4.69, 9.17) is 19.2 Å². The smallest absolute Gasteiger partial charge is 0.333 e. The van der Waals surface area contributed by atoms with E-state index in [1.165, 1.54) is 69.1 Å². The molecule has 6 atom stereocenters. The van der Waals surface area contributed by atoms with Gasteiger partial charge in [0.2, 0.25) is 11.6 Å². The van der Waals surface area contributed by atoms with Gasteiger partial charge >= 0.3 is 20.6 Å². The zero-order valence-electron chi connectivity index (χ0n) is 34.7. The molecule has 7 rings (SSSR count). The molecule has 0 amide bonds. The van der Waals surface area contributed by atoms with Gasteiger partial charge in [-0.1, -0.05) is 6.92 Å². The Hall–Kier alpha value is -4.50. The van der Waals surface area contributed by atoms with Crippen LogP contribution in [-0.2, 0) is 33.7 Å². The second-order valence-corrected chi connectivity index (χ2v) is 19.6. The summed E-state index contributed by atoms with van der Waals surface area (Å²) in [5.74, 6) is -0.300. The van der Waals surface area contributed by atoms with Gasteiger partial charge in [0.15, 0.2) is 11.6 Å². The first-order chi connectivity index (χ1) is 29.8. The molecule has 3 fully saturated rings. The van der Waals surface area contributed by atoms with Gasteiger partial charge in [-0.05, 0) is 76.3 Å². The maximum atomic E-state index is 12.9. The highest BCUT2D eigenvalue weighted by Crippen LogP contribution is 2.35. The topological polar surface area (TPSA) is 312 Å². The van der Waals surface area contributed by atoms with Crippen molar-refractivity contribution in [1.29, 1.82) is 0 Å². The van der Waals surface area contributed by atoms with Gasteiger partial charge in [0.05, 0.1) is 40.2 Å². The van der Waals surface area contributed by atoms with Gasteiger partial charge in [0, 0.05) is 65.5 Å². The molecule has 2 saturated carbocycles. The van der Waals surface area contributed by atoms with E-state index in [-0.39, 0.29) is 65.8 Å². The number of aromatic nitrogens is 4. The fraction of sp³-hybridized carbons (Fsp3) is 0.487. The van der Waals surface area contributed by atoms with Crippen molar-refractivity contribution in [3.05, 3.63) is 79.9 Å². The molecule has 4 aromatic rings. The predicted molar refractivity (Wildman–Crippen MR) is 233 cm³/mol. The number of thiophene rings is 2. The van der Waals surface area contributed by atoms with Crippen LogP contribution in [0, 0.1) is 17.8 Å². The van der Waals surface area contributed by atoms with Gasteiger partial charge in [0.25, 0.3) is 0 Å². The van der Waals surface area contributed by atoms with Gasteiger partial charge in [-0.3, -0.25) is 27.5 Å². The molecule has 342 valence electrons. The van der Waals surface area contributed by atoms with Crippen LogP contribution in [0.15, 0.2) is 47.9 Å². The van der Waals surface area contributed by atoms with E-state index in [2.05, 4.69) is 34.8 Å². The number of aliphatic hydroxyl groups excluding tert-OH is 1. The van der Waals surface area contributed by atoms with Gasteiger partial charge in [0.1, 0.15) is 24.3 Å². The van der Waals surface area contributed by atoms with E-state index < -0.39 is 32.6 Å². The van der Waals surface area contributed by atoms with Crippen molar-refractivity contribution >= 4 is 78.1 Å². The number of Topliss-reactive ketones (excluding diaryl/α,β-unsaturated/α-hetero) is 2. The van der Waals surface area contributed by atoms with Crippen LogP contribution in [0.1, 0.15) is 110 Å². The number of nitrogens with two attached hydrogens (primary N) is 2. The number of ketones is 4. The fourth-order valence-electron chi connectivity index (χ4n) is 7.11. The van der Waals surface area contributed by atoms with Crippen LogP contribution in [0.4, 0.5) is 11.6 Å². The van der Waals surface area contributed by atoms with E-state index in [1.807, 2.05) is 6.92 Å².